The largest absolute Gasteiger partial charge is 0.459 e. The summed E-state index contributed by atoms with van der Waals surface area (Å²) < 4.78 is 15.6. The van der Waals surface area contributed by atoms with Crippen LogP contribution in [-0.2, 0) is 19.0 Å². The highest BCUT2D eigenvalue weighted by Crippen LogP contribution is 2.17. The van der Waals surface area contributed by atoms with E-state index >= 15 is 0 Å². The zero-order valence-corrected chi connectivity index (χ0v) is 13.3. The second-order valence-corrected chi connectivity index (χ2v) is 5.19. The smallest absolute Gasteiger partial charge is 0.351 e. The molecule has 118 valence electrons. The van der Waals surface area contributed by atoms with Gasteiger partial charge in [0.05, 0.1) is 17.7 Å². The highest BCUT2D eigenvalue weighted by Gasteiger charge is 2.19. The van der Waals surface area contributed by atoms with Gasteiger partial charge < -0.3 is 19.5 Å². The predicted molar refractivity (Wildman–Crippen MR) is 80.6 cm³/mol. The van der Waals surface area contributed by atoms with Crippen molar-refractivity contribution in [1.82, 2.24) is 5.32 Å². The Balaban J connectivity index is 2.53. The summed E-state index contributed by atoms with van der Waals surface area (Å²) in [6, 6.07) is 1.91. The Kier molecular flexibility index (Phi) is 8.90. The molecule has 0 aromatic heterocycles. The van der Waals surface area contributed by atoms with Gasteiger partial charge in [0.25, 0.3) is 0 Å². The van der Waals surface area contributed by atoms with Gasteiger partial charge in [0, 0.05) is 19.8 Å². The molecule has 0 spiro atoms. The lowest BCUT2D eigenvalue weighted by Gasteiger charge is -2.14. The molecule has 1 fully saturated rings. The third-order valence-electron chi connectivity index (χ3n) is 2.93. The van der Waals surface area contributed by atoms with Gasteiger partial charge in [0.2, 0.25) is 0 Å². The fraction of sp³-hybridized carbons (Fsp3) is 0.714. The molecular weight excluding hydrogens is 292 g/mol. The van der Waals surface area contributed by atoms with E-state index in [0.29, 0.717) is 24.8 Å². The van der Waals surface area contributed by atoms with Crippen LogP contribution in [0.2, 0.25) is 0 Å². The topological polar surface area (TPSA) is 80.6 Å². The highest BCUT2D eigenvalue weighted by atomic mass is 32.2. The second-order valence-electron chi connectivity index (χ2n) is 4.37. The number of nitrogens with one attached hydrogen (secondary N) is 1. The molecule has 0 aromatic rings. The Morgan fingerprint density at radius 1 is 1.52 bits per heavy atom. The lowest BCUT2D eigenvalue weighted by Crippen LogP contribution is -2.27. The van der Waals surface area contributed by atoms with Gasteiger partial charge in [-0.15, -0.1) is 11.8 Å². The molecule has 1 heterocycles. The number of esters is 1. The minimum absolute atomic E-state index is 0.00278. The van der Waals surface area contributed by atoms with E-state index in [1.165, 1.54) is 11.8 Å². The quantitative estimate of drug-likeness (QED) is 0.298. The molecule has 1 saturated heterocycles. The normalized spacial score (nSPS) is 18.8. The SMILES string of the molecule is CCOCCOC(=O)/C(C#N)=C(/NCC1CCCO1)SC. The number of hydrogen-bond acceptors (Lipinski definition) is 7. The van der Waals surface area contributed by atoms with Crippen LogP contribution in [-0.4, -0.2) is 51.3 Å². The Labute approximate surface area is 129 Å². The monoisotopic (exact) mass is 314 g/mol. The van der Waals surface area contributed by atoms with Crippen LogP contribution in [0.1, 0.15) is 19.8 Å². The van der Waals surface area contributed by atoms with Gasteiger partial charge in [-0.3, -0.25) is 0 Å². The van der Waals surface area contributed by atoms with Crippen LogP contribution >= 0.6 is 11.8 Å². The molecule has 0 saturated carbocycles. The molecule has 1 aliphatic heterocycles. The lowest BCUT2D eigenvalue weighted by molar-refractivity contribution is -0.140. The average Bonchev–Trinajstić information content (AvgIpc) is 3.01. The van der Waals surface area contributed by atoms with E-state index < -0.39 is 5.97 Å². The van der Waals surface area contributed by atoms with Crippen molar-refractivity contribution in [3.63, 3.8) is 0 Å². The van der Waals surface area contributed by atoms with E-state index in [1.807, 2.05) is 19.2 Å². The first-order chi connectivity index (χ1) is 10.2. The Hall–Kier alpha value is -1.23. The van der Waals surface area contributed by atoms with Gasteiger partial charge in [-0.1, -0.05) is 0 Å². The average molecular weight is 314 g/mol. The van der Waals surface area contributed by atoms with E-state index in [4.69, 9.17) is 19.5 Å². The van der Waals surface area contributed by atoms with Crippen molar-refractivity contribution in [2.24, 2.45) is 0 Å². The van der Waals surface area contributed by atoms with Gasteiger partial charge in [-0.05, 0) is 26.0 Å². The summed E-state index contributed by atoms with van der Waals surface area (Å²) in [7, 11) is 0. The number of rotatable bonds is 9. The van der Waals surface area contributed by atoms with E-state index in [2.05, 4.69) is 5.32 Å². The molecule has 21 heavy (non-hydrogen) atoms. The van der Waals surface area contributed by atoms with Crippen LogP contribution in [0.25, 0.3) is 0 Å². The number of nitriles is 1. The van der Waals surface area contributed by atoms with Crippen LogP contribution in [0, 0.1) is 11.3 Å². The van der Waals surface area contributed by atoms with Crippen LogP contribution in [0.15, 0.2) is 10.6 Å². The number of nitrogens with zero attached hydrogens (tertiary/aromatic N) is 1. The van der Waals surface area contributed by atoms with Gasteiger partial charge >= 0.3 is 5.97 Å². The van der Waals surface area contributed by atoms with E-state index in [1.54, 1.807) is 0 Å². The highest BCUT2D eigenvalue weighted by molar-refractivity contribution is 8.02. The van der Waals surface area contributed by atoms with Crippen LogP contribution in [0.5, 0.6) is 0 Å². The third-order valence-corrected chi connectivity index (χ3v) is 3.68. The summed E-state index contributed by atoms with van der Waals surface area (Å²) in [6.07, 6.45) is 3.99. The number of hydrogen-bond donors (Lipinski definition) is 1. The van der Waals surface area contributed by atoms with E-state index in [0.717, 1.165) is 19.4 Å². The number of ether oxygens (including phenoxy) is 3. The first-order valence-corrected chi connectivity index (χ1v) is 8.24. The minimum atomic E-state index is -0.624. The van der Waals surface area contributed by atoms with E-state index in [-0.39, 0.29) is 18.3 Å². The van der Waals surface area contributed by atoms with Gasteiger partial charge in [0.1, 0.15) is 12.7 Å². The maximum absolute atomic E-state index is 11.9. The Bertz CT molecular complexity index is 400. The third kappa shape index (κ3) is 6.38. The molecular formula is C14H22N2O4S. The minimum Gasteiger partial charge on any atom is -0.459 e. The molecule has 0 bridgehead atoms. The van der Waals surface area contributed by atoms with Gasteiger partial charge in [-0.2, -0.15) is 5.26 Å². The summed E-state index contributed by atoms with van der Waals surface area (Å²) in [5, 5.41) is 12.8. The van der Waals surface area contributed by atoms with Gasteiger partial charge in [-0.25, -0.2) is 4.79 Å². The fourth-order valence-corrected chi connectivity index (χ4v) is 2.43. The van der Waals surface area contributed by atoms with Crippen molar-refractivity contribution in [3.8, 4) is 6.07 Å². The molecule has 1 atom stereocenters. The standard InChI is InChI=1S/C14H22N2O4S/c1-3-18-7-8-20-14(17)12(9-15)13(21-2)16-10-11-5-4-6-19-11/h11,16H,3-8,10H2,1-2H3/b13-12-. The summed E-state index contributed by atoms with van der Waals surface area (Å²) in [4.78, 5) is 11.9. The molecule has 1 unspecified atom stereocenters. The maximum atomic E-state index is 11.9. The first-order valence-electron chi connectivity index (χ1n) is 7.01. The summed E-state index contributed by atoms with van der Waals surface area (Å²) >= 11 is 1.32. The zero-order valence-electron chi connectivity index (χ0n) is 12.5. The van der Waals surface area contributed by atoms with Crippen molar-refractivity contribution >= 4 is 17.7 Å². The van der Waals surface area contributed by atoms with Crippen molar-refractivity contribution in [2.45, 2.75) is 25.9 Å². The zero-order chi connectivity index (χ0) is 15.5. The first kappa shape index (κ1) is 17.8. The molecule has 6 nitrogen and oxygen atoms in total. The van der Waals surface area contributed by atoms with Crippen molar-refractivity contribution in [1.29, 1.82) is 5.26 Å². The maximum Gasteiger partial charge on any atom is 0.351 e. The molecule has 0 aromatic carbocycles. The molecule has 1 N–H and O–H groups in total. The molecule has 0 radical (unpaired) electrons. The number of carbonyl (C=O) groups excluding carboxylic acids is 1. The van der Waals surface area contributed by atoms with Gasteiger partial charge in [0.15, 0.2) is 5.57 Å². The fourth-order valence-electron chi connectivity index (χ4n) is 1.87. The van der Waals surface area contributed by atoms with Crippen LogP contribution < -0.4 is 5.32 Å². The van der Waals surface area contributed by atoms with Crippen molar-refractivity contribution in [3.05, 3.63) is 10.6 Å². The molecule has 1 rings (SSSR count). The number of thioether (sulfide) groups is 1. The van der Waals surface area contributed by atoms with E-state index in [9.17, 15) is 4.79 Å². The number of carbonyl (C=O) groups is 1. The van der Waals surface area contributed by atoms with Crippen molar-refractivity contribution in [2.75, 3.05) is 39.2 Å². The molecule has 7 heteroatoms. The van der Waals surface area contributed by atoms with Crippen LogP contribution in [0.3, 0.4) is 0 Å². The molecule has 0 amide bonds. The molecule has 1 aliphatic rings. The summed E-state index contributed by atoms with van der Waals surface area (Å²) in [5.74, 6) is -0.624. The molecule has 0 aliphatic carbocycles. The lowest BCUT2D eigenvalue weighted by atomic mass is 10.2. The van der Waals surface area contributed by atoms with Crippen LogP contribution in [0.4, 0.5) is 0 Å². The summed E-state index contributed by atoms with van der Waals surface area (Å²) in [5.41, 5.74) is -0.00278. The predicted octanol–water partition coefficient (Wildman–Crippen LogP) is 1.43. The Morgan fingerprint density at radius 3 is 2.90 bits per heavy atom. The van der Waals surface area contributed by atoms with Crippen molar-refractivity contribution < 1.29 is 19.0 Å². The summed E-state index contributed by atoms with van der Waals surface area (Å²) in [6.45, 7) is 4.27. The second kappa shape index (κ2) is 10.5. The Morgan fingerprint density at radius 2 is 2.33 bits per heavy atom.